The molecule has 0 amide bonds. The Morgan fingerprint density at radius 1 is 1.06 bits per heavy atom. The number of carboxylic acid groups (broad SMARTS) is 1. The fourth-order valence-electron chi connectivity index (χ4n) is 13.3. The van der Waals surface area contributed by atoms with Gasteiger partial charge in [-0.25, -0.2) is 4.79 Å². The van der Waals surface area contributed by atoms with Crippen molar-refractivity contribution in [2.45, 2.75) is 136 Å². The zero-order valence-electron chi connectivity index (χ0n) is 31.3. The summed E-state index contributed by atoms with van der Waals surface area (Å²) in [6, 6.07) is 1.94. The van der Waals surface area contributed by atoms with E-state index in [2.05, 4.69) is 78.2 Å². The number of ether oxygens (including phenoxy) is 1. The van der Waals surface area contributed by atoms with Crippen LogP contribution < -0.4 is 4.90 Å². The van der Waals surface area contributed by atoms with Crippen LogP contribution in [-0.2, 0) is 9.53 Å². The number of allylic oxidation sites excluding steroid dienone is 2. The maximum absolute atomic E-state index is 14.9. The third-order valence-electron chi connectivity index (χ3n) is 15.3. The van der Waals surface area contributed by atoms with Crippen molar-refractivity contribution in [1.82, 2.24) is 0 Å². The SMILES string of the molecule is C=C(C)[C@H]1C(=O)c2c3c(cc4c2N1C1C4C[C@@H]2CCC4[C@](C)(/C=C/C=C(\C)C(=O)O)[C@@H](O)CC[C@]4(C)[C@@]12C)C1=CC(C)(C)OC(C)(C)[C@H]1[C@@H]3O. The van der Waals surface area contributed by atoms with Gasteiger partial charge in [-0.05, 0) is 125 Å². The molecule has 3 fully saturated rings. The lowest BCUT2D eigenvalue weighted by Crippen LogP contribution is -2.65. The highest BCUT2D eigenvalue weighted by Crippen LogP contribution is 2.76. The minimum atomic E-state index is -0.944. The van der Waals surface area contributed by atoms with E-state index in [4.69, 9.17) is 4.74 Å². The molecule has 0 spiro atoms. The molecule has 0 aromatic heterocycles. The van der Waals surface area contributed by atoms with Crippen molar-refractivity contribution < 1.29 is 29.6 Å². The van der Waals surface area contributed by atoms with E-state index in [1.165, 1.54) is 5.56 Å². The first kappa shape index (κ1) is 34.1. The van der Waals surface area contributed by atoms with Gasteiger partial charge in [0.05, 0.1) is 34.7 Å². The van der Waals surface area contributed by atoms with Gasteiger partial charge >= 0.3 is 5.97 Å². The molecule has 50 heavy (non-hydrogen) atoms. The number of aliphatic hydroxyl groups excluding tert-OH is 2. The molecule has 3 unspecified atom stereocenters. The summed E-state index contributed by atoms with van der Waals surface area (Å²) in [7, 11) is 0. The summed E-state index contributed by atoms with van der Waals surface area (Å²) in [5.41, 5.74) is 4.96. The van der Waals surface area contributed by atoms with Gasteiger partial charge in [0.2, 0.25) is 0 Å². The monoisotopic (exact) mass is 681 g/mol. The summed E-state index contributed by atoms with van der Waals surface area (Å²) in [5, 5.41) is 33.3. The lowest BCUT2D eigenvalue weighted by atomic mass is 9.40. The molecule has 1 aromatic rings. The molecular formula is C43H55NO6. The van der Waals surface area contributed by atoms with Crippen molar-refractivity contribution in [3.8, 4) is 0 Å². The Balaban J connectivity index is 1.29. The number of nitrogens with zero attached hydrogens (tertiary/aromatic N) is 1. The number of aliphatic carboxylic acids is 1. The molecule has 4 aliphatic carbocycles. The number of Topliss-reactive ketones (excluding diaryl/α,β-unsaturated/α-hetero) is 1. The maximum atomic E-state index is 14.9. The second kappa shape index (κ2) is 10.3. The minimum absolute atomic E-state index is 0.0531. The highest BCUT2D eigenvalue weighted by Gasteiger charge is 2.73. The van der Waals surface area contributed by atoms with Gasteiger partial charge in [0.15, 0.2) is 5.78 Å². The highest BCUT2D eigenvalue weighted by atomic mass is 16.5. The molecule has 8 rings (SSSR count). The van der Waals surface area contributed by atoms with E-state index < -0.39 is 40.8 Å². The Kier molecular flexibility index (Phi) is 7.04. The van der Waals surface area contributed by atoms with Crippen molar-refractivity contribution in [1.29, 1.82) is 0 Å². The molecule has 7 heteroatoms. The van der Waals surface area contributed by atoms with Gasteiger partial charge in [-0.1, -0.05) is 51.2 Å². The molecule has 3 saturated carbocycles. The lowest BCUT2D eigenvalue weighted by Gasteiger charge is -2.66. The molecule has 0 radical (unpaired) electrons. The van der Waals surface area contributed by atoms with Crippen LogP contribution in [0.3, 0.4) is 0 Å². The second-order valence-electron chi connectivity index (χ2n) is 18.8. The fourth-order valence-corrected chi connectivity index (χ4v) is 13.3. The van der Waals surface area contributed by atoms with Gasteiger partial charge in [0.25, 0.3) is 0 Å². The normalized spacial score (nSPS) is 43.2. The molecular weight excluding hydrogens is 626 g/mol. The Bertz CT molecular complexity index is 1850. The molecule has 3 heterocycles. The number of ketones is 1. The van der Waals surface area contributed by atoms with Gasteiger partial charge in [0.1, 0.15) is 6.04 Å². The second-order valence-corrected chi connectivity index (χ2v) is 18.8. The Hall–Kier alpha value is -3.00. The number of hydrogen-bond donors (Lipinski definition) is 3. The van der Waals surface area contributed by atoms with Gasteiger partial charge < -0.3 is 25.0 Å². The van der Waals surface area contributed by atoms with Crippen molar-refractivity contribution in [2.75, 3.05) is 4.90 Å². The number of fused-ring (bicyclic) bond motifs is 11. The molecule has 0 bridgehead atoms. The number of aliphatic hydroxyl groups is 2. The summed E-state index contributed by atoms with van der Waals surface area (Å²) in [5.74, 6) is -0.300. The van der Waals surface area contributed by atoms with Crippen LogP contribution in [0.1, 0.15) is 133 Å². The topological polar surface area (TPSA) is 107 Å². The Morgan fingerprint density at radius 2 is 1.76 bits per heavy atom. The van der Waals surface area contributed by atoms with Crippen LogP contribution in [0, 0.1) is 34.0 Å². The Morgan fingerprint density at radius 3 is 2.42 bits per heavy atom. The first-order valence-corrected chi connectivity index (χ1v) is 18.8. The zero-order chi connectivity index (χ0) is 36.2. The van der Waals surface area contributed by atoms with Crippen LogP contribution in [0.25, 0.3) is 5.57 Å². The number of carboxylic acids is 1. The number of rotatable bonds is 4. The van der Waals surface area contributed by atoms with Crippen LogP contribution in [0.2, 0.25) is 0 Å². The fraction of sp³-hybridized carbons (Fsp3) is 0.628. The van der Waals surface area contributed by atoms with E-state index in [0.717, 1.165) is 53.6 Å². The predicted octanol–water partition coefficient (Wildman–Crippen LogP) is 7.92. The van der Waals surface area contributed by atoms with E-state index in [0.29, 0.717) is 17.9 Å². The van der Waals surface area contributed by atoms with Crippen LogP contribution in [0.5, 0.6) is 0 Å². The summed E-state index contributed by atoms with van der Waals surface area (Å²) >= 11 is 0. The summed E-state index contributed by atoms with van der Waals surface area (Å²) in [4.78, 5) is 28.9. The number of hydrogen-bond acceptors (Lipinski definition) is 6. The predicted molar refractivity (Wildman–Crippen MR) is 195 cm³/mol. The maximum Gasteiger partial charge on any atom is 0.331 e. The Labute approximate surface area is 297 Å². The van der Waals surface area contributed by atoms with Gasteiger partial charge in [-0.2, -0.15) is 0 Å². The molecule has 268 valence electrons. The van der Waals surface area contributed by atoms with Crippen LogP contribution >= 0.6 is 0 Å². The van der Waals surface area contributed by atoms with E-state index in [-0.39, 0.29) is 46.0 Å². The lowest BCUT2D eigenvalue weighted by molar-refractivity contribution is -0.174. The molecule has 1 aromatic carbocycles. The number of anilines is 1. The quantitative estimate of drug-likeness (QED) is 0.168. The van der Waals surface area contributed by atoms with Crippen molar-refractivity contribution in [3.05, 3.63) is 70.3 Å². The van der Waals surface area contributed by atoms with Crippen molar-refractivity contribution >= 4 is 23.0 Å². The van der Waals surface area contributed by atoms with Gasteiger partial charge in [-0.3, -0.25) is 4.79 Å². The van der Waals surface area contributed by atoms with Crippen molar-refractivity contribution in [2.24, 2.45) is 34.0 Å². The van der Waals surface area contributed by atoms with Gasteiger partial charge in [0, 0.05) is 34.4 Å². The van der Waals surface area contributed by atoms with E-state index in [1.54, 1.807) is 13.0 Å². The summed E-state index contributed by atoms with van der Waals surface area (Å²) < 4.78 is 6.53. The largest absolute Gasteiger partial charge is 0.478 e. The minimum Gasteiger partial charge on any atom is -0.478 e. The third-order valence-corrected chi connectivity index (χ3v) is 15.3. The van der Waals surface area contributed by atoms with Crippen molar-refractivity contribution in [3.63, 3.8) is 0 Å². The summed E-state index contributed by atoms with van der Waals surface area (Å²) in [6.45, 7) is 23.3. The van der Waals surface area contributed by atoms with E-state index >= 15 is 0 Å². The van der Waals surface area contributed by atoms with E-state index in [1.807, 2.05) is 13.0 Å². The average Bonchev–Trinajstić information content (AvgIpc) is 3.67. The smallest absolute Gasteiger partial charge is 0.331 e. The zero-order valence-corrected chi connectivity index (χ0v) is 31.3. The molecule has 11 atom stereocenters. The third kappa shape index (κ3) is 4.03. The van der Waals surface area contributed by atoms with Gasteiger partial charge in [-0.15, -0.1) is 0 Å². The average molecular weight is 682 g/mol. The first-order valence-electron chi connectivity index (χ1n) is 18.8. The number of carbonyl (C=O) groups excluding carboxylic acids is 1. The molecule has 7 aliphatic rings. The molecule has 0 saturated heterocycles. The standard InChI is InChI=1S/C43H55NO6/c1-21(2)33-36(47)31-30-24(27-20-39(4,5)50-40(6,7)32(27)35(30)46)19-25-26-18-23-13-14-28-41(8,16-11-12-22(3)38(48)49)29(45)15-17-42(28,9)43(23,10)37(26)44(33)34(25)31/h11-12,16,19-20,23,26,28-29,32-33,35,37,45-46H,1,13-15,17-18H2,2-10H3,(H,48,49)/b16-11+,22-12+/t23-,26?,28?,29-,32+,33-,35+,37?,41-,42-,43+/m0/s1. The van der Waals surface area contributed by atoms with E-state index in [9.17, 15) is 24.9 Å². The molecule has 3 N–H and O–H groups in total. The van der Waals surface area contributed by atoms with Crippen LogP contribution in [-0.4, -0.2) is 56.5 Å². The van der Waals surface area contributed by atoms with Crippen LogP contribution in [0.15, 0.2) is 48.1 Å². The highest BCUT2D eigenvalue weighted by molar-refractivity contribution is 6.16. The molecule has 7 nitrogen and oxygen atoms in total. The first-order chi connectivity index (χ1) is 23.2. The van der Waals surface area contributed by atoms with Crippen LogP contribution in [0.4, 0.5) is 5.69 Å². The number of benzene rings is 1. The number of carbonyl (C=O) groups is 2. The molecule has 3 aliphatic heterocycles. The summed E-state index contributed by atoms with van der Waals surface area (Å²) in [6.07, 6.45) is 11.0.